The van der Waals surface area contributed by atoms with E-state index in [1.54, 1.807) is 0 Å². The molecule has 0 aliphatic carbocycles. The van der Waals surface area contributed by atoms with Crippen molar-refractivity contribution >= 4 is 22.4 Å². The lowest BCUT2D eigenvalue weighted by Crippen LogP contribution is -2.33. The van der Waals surface area contributed by atoms with Gasteiger partial charge in [-0.1, -0.05) is 6.07 Å². The monoisotopic (exact) mass is 272 g/mol. The number of nitrogens with two attached hydrogens (primary N) is 1. The van der Waals surface area contributed by atoms with Crippen LogP contribution in [0.5, 0.6) is 0 Å². The summed E-state index contributed by atoms with van der Waals surface area (Å²) >= 11 is 0. The summed E-state index contributed by atoms with van der Waals surface area (Å²) in [5.41, 5.74) is 6.45. The van der Waals surface area contributed by atoms with Crippen molar-refractivity contribution in [3.8, 4) is 0 Å². The van der Waals surface area contributed by atoms with E-state index in [1.165, 1.54) is 18.2 Å². The number of nitrogen functional groups attached to an aromatic ring is 1. The minimum atomic E-state index is -1.35. The minimum absolute atomic E-state index is 0.0189. The average Bonchev–Trinajstić information content (AvgIpc) is 2.20. The minimum Gasteiger partial charge on any atom is -0.398 e. The van der Waals surface area contributed by atoms with Gasteiger partial charge in [0.05, 0.1) is 5.75 Å². The second kappa shape index (κ2) is 6.49. The molecule has 4 nitrogen and oxygen atoms in total. The van der Waals surface area contributed by atoms with Crippen LogP contribution in [0.15, 0.2) is 18.2 Å². The molecule has 1 aromatic carbocycles. The molecule has 100 valence electrons. The third kappa shape index (κ3) is 4.83. The Kier molecular flexibility index (Phi) is 5.27. The maximum atomic E-state index is 12.8. The number of amides is 1. The van der Waals surface area contributed by atoms with Crippen molar-refractivity contribution in [3.63, 3.8) is 0 Å². The second-order valence-corrected chi connectivity index (χ2v) is 5.75. The molecule has 0 aromatic heterocycles. The summed E-state index contributed by atoms with van der Waals surface area (Å²) in [6, 6.07) is 3.95. The van der Waals surface area contributed by atoms with Crippen molar-refractivity contribution < 1.29 is 13.4 Å². The Labute approximate surface area is 108 Å². The second-order valence-electron chi connectivity index (χ2n) is 4.29. The molecule has 1 unspecified atom stereocenters. The van der Waals surface area contributed by atoms with Crippen molar-refractivity contribution in [1.29, 1.82) is 0 Å². The molecule has 1 atom stereocenters. The van der Waals surface area contributed by atoms with Crippen LogP contribution in [-0.4, -0.2) is 21.9 Å². The maximum Gasteiger partial charge on any atom is 0.232 e. The van der Waals surface area contributed by atoms with Gasteiger partial charge in [-0.2, -0.15) is 0 Å². The Balaban J connectivity index is 2.57. The molecule has 0 saturated carbocycles. The van der Waals surface area contributed by atoms with Gasteiger partial charge in [0.15, 0.2) is 0 Å². The highest BCUT2D eigenvalue weighted by Crippen LogP contribution is 2.15. The highest BCUT2D eigenvalue weighted by Gasteiger charge is 2.11. The molecule has 6 heteroatoms. The molecule has 1 aromatic rings. The number of benzene rings is 1. The van der Waals surface area contributed by atoms with Crippen LogP contribution in [0.25, 0.3) is 0 Å². The predicted octanol–water partition coefficient (Wildman–Crippen LogP) is 1.18. The lowest BCUT2D eigenvalue weighted by Gasteiger charge is -2.09. The van der Waals surface area contributed by atoms with E-state index < -0.39 is 16.6 Å². The predicted molar refractivity (Wildman–Crippen MR) is 70.8 cm³/mol. The molecule has 3 N–H and O–H groups in total. The number of nitrogens with one attached hydrogen (secondary N) is 1. The fourth-order valence-corrected chi connectivity index (χ4v) is 2.52. The smallest absolute Gasteiger partial charge is 0.232 e. The Morgan fingerprint density at radius 2 is 2.17 bits per heavy atom. The lowest BCUT2D eigenvalue weighted by molar-refractivity contribution is -0.119. The van der Waals surface area contributed by atoms with Crippen LogP contribution in [0.3, 0.4) is 0 Å². The van der Waals surface area contributed by atoms with Crippen molar-refractivity contribution in [2.45, 2.75) is 25.6 Å². The fraction of sp³-hybridized carbons (Fsp3) is 0.417. The van der Waals surface area contributed by atoms with Gasteiger partial charge in [0, 0.05) is 22.5 Å². The number of carbonyl (C=O) groups is 1. The summed E-state index contributed by atoms with van der Waals surface area (Å²) < 4.78 is 24.6. The topological polar surface area (TPSA) is 72.2 Å². The van der Waals surface area contributed by atoms with E-state index >= 15 is 0 Å². The van der Waals surface area contributed by atoms with Crippen molar-refractivity contribution in [3.05, 3.63) is 29.6 Å². The highest BCUT2D eigenvalue weighted by atomic mass is 32.2. The van der Waals surface area contributed by atoms with Crippen LogP contribution in [0, 0.1) is 5.82 Å². The molecule has 1 rings (SSSR count). The van der Waals surface area contributed by atoms with Gasteiger partial charge in [-0.15, -0.1) is 0 Å². The summed E-state index contributed by atoms with van der Waals surface area (Å²) in [7, 11) is -1.35. The van der Waals surface area contributed by atoms with Crippen LogP contribution >= 0.6 is 0 Å². The van der Waals surface area contributed by atoms with Gasteiger partial charge in [-0.05, 0) is 31.5 Å². The van der Waals surface area contributed by atoms with Crippen molar-refractivity contribution in [1.82, 2.24) is 5.32 Å². The largest absolute Gasteiger partial charge is 0.398 e. The quantitative estimate of drug-likeness (QED) is 0.791. The number of rotatable bonds is 5. The normalized spacial score (nSPS) is 12.4. The Morgan fingerprint density at radius 3 is 2.72 bits per heavy atom. The van der Waals surface area contributed by atoms with Gasteiger partial charge < -0.3 is 11.1 Å². The van der Waals surface area contributed by atoms with E-state index in [1.807, 2.05) is 13.8 Å². The zero-order chi connectivity index (χ0) is 13.7. The molecule has 0 radical (unpaired) electrons. The van der Waals surface area contributed by atoms with E-state index in [-0.39, 0.29) is 29.1 Å². The summed E-state index contributed by atoms with van der Waals surface area (Å²) in [5.74, 6) is -0.615. The molecule has 1 amide bonds. The van der Waals surface area contributed by atoms with Crippen LogP contribution in [0.4, 0.5) is 10.1 Å². The van der Waals surface area contributed by atoms with E-state index in [0.29, 0.717) is 5.56 Å². The Hall–Kier alpha value is -1.43. The first-order valence-electron chi connectivity index (χ1n) is 5.56. The van der Waals surface area contributed by atoms with Gasteiger partial charge in [-0.25, -0.2) is 4.39 Å². The number of hydrogen-bond donors (Lipinski definition) is 2. The first-order chi connectivity index (χ1) is 8.38. The zero-order valence-corrected chi connectivity index (χ0v) is 11.2. The van der Waals surface area contributed by atoms with Gasteiger partial charge in [0.2, 0.25) is 5.91 Å². The molecule has 0 fully saturated rings. The van der Waals surface area contributed by atoms with Gasteiger partial charge >= 0.3 is 0 Å². The Morgan fingerprint density at radius 1 is 1.50 bits per heavy atom. The van der Waals surface area contributed by atoms with Gasteiger partial charge in [0.1, 0.15) is 11.6 Å². The van der Waals surface area contributed by atoms with Crippen LogP contribution < -0.4 is 11.1 Å². The molecular weight excluding hydrogens is 255 g/mol. The van der Waals surface area contributed by atoms with Crippen LogP contribution in [-0.2, 0) is 21.3 Å². The van der Waals surface area contributed by atoms with Crippen molar-refractivity contribution in [2.24, 2.45) is 0 Å². The van der Waals surface area contributed by atoms with E-state index in [0.717, 1.165) is 0 Å². The zero-order valence-electron chi connectivity index (χ0n) is 10.4. The molecule has 0 heterocycles. The highest BCUT2D eigenvalue weighted by molar-refractivity contribution is 7.84. The first kappa shape index (κ1) is 14.6. The summed E-state index contributed by atoms with van der Waals surface area (Å²) in [5, 5.41) is 2.66. The number of carbonyl (C=O) groups excluding carboxylic acids is 1. The van der Waals surface area contributed by atoms with E-state index in [4.69, 9.17) is 5.73 Å². The maximum absolute atomic E-state index is 12.8. The first-order valence-corrected chi connectivity index (χ1v) is 7.05. The summed E-state index contributed by atoms with van der Waals surface area (Å²) in [4.78, 5) is 11.4. The summed E-state index contributed by atoms with van der Waals surface area (Å²) in [6.07, 6.45) is 0. The van der Waals surface area contributed by atoms with E-state index in [2.05, 4.69) is 5.32 Å². The Bertz CT molecular complexity index is 463. The molecule has 0 saturated heterocycles. The fourth-order valence-electron chi connectivity index (χ4n) is 1.43. The molecule has 0 spiro atoms. The average molecular weight is 272 g/mol. The molecular formula is C12H17FN2O2S. The van der Waals surface area contributed by atoms with Gasteiger partial charge in [0.25, 0.3) is 0 Å². The third-order valence-electron chi connectivity index (χ3n) is 2.17. The SMILES string of the molecule is CC(C)NC(=O)CS(=O)Cc1ccc(F)cc1N. The number of halogens is 1. The van der Waals surface area contributed by atoms with Crippen LogP contribution in [0.2, 0.25) is 0 Å². The van der Waals surface area contributed by atoms with Gasteiger partial charge in [-0.3, -0.25) is 9.00 Å². The summed E-state index contributed by atoms with van der Waals surface area (Å²) in [6.45, 7) is 3.66. The molecule has 18 heavy (non-hydrogen) atoms. The molecule has 0 bridgehead atoms. The molecule has 0 aliphatic heterocycles. The van der Waals surface area contributed by atoms with Crippen molar-refractivity contribution in [2.75, 3.05) is 11.5 Å². The lowest BCUT2D eigenvalue weighted by atomic mass is 10.2. The molecule has 0 aliphatic rings. The third-order valence-corrected chi connectivity index (χ3v) is 3.38. The number of hydrogen-bond acceptors (Lipinski definition) is 3. The van der Waals surface area contributed by atoms with Crippen LogP contribution in [0.1, 0.15) is 19.4 Å². The number of anilines is 1. The van der Waals surface area contributed by atoms with E-state index in [9.17, 15) is 13.4 Å². The standard InChI is InChI=1S/C12H17FN2O2S/c1-8(2)15-12(16)7-18(17)6-9-3-4-10(13)5-11(9)14/h3-5,8H,6-7,14H2,1-2H3,(H,15,16).